The quantitative estimate of drug-likeness (QED) is 0.885. The SMILES string of the molecule is O=C1c2c(O)c(=O)c(Br)cn2CCN1Cc1ccc(F)cc1. The lowest BCUT2D eigenvalue weighted by Gasteiger charge is -2.30. The van der Waals surface area contributed by atoms with Gasteiger partial charge >= 0.3 is 0 Å². The number of rotatable bonds is 2. The average Bonchev–Trinajstić information content (AvgIpc) is 2.50. The number of carbonyl (C=O) groups excluding carboxylic acids is 1. The van der Waals surface area contributed by atoms with Gasteiger partial charge in [0, 0.05) is 25.8 Å². The van der Waals surface area contributed by atoms with Crippen LogP contribution in [0.2, 0.25) is 0 Å². The maximum absolute atomic E-state index is 12.9. The number of halogens is 2. The van der Waals surface area contributed by atoms with E-state index in [1.165, 1.54) is 23.2 Å². The molecule has 5 nitrogen and oxygen atoms in total. The van der Waals surface area contributed by atoms with Crippen molar-refractivity contribution in [1.82, 2.24) is 9.47 Å². The Labute approximate surface area is 133 Å². The van der Waals surface area contributed by atoms with E-state index in [0.717, 1.165) is 5.56 Å². The van der Waals surface area contributed by atoms with Gasteiger partial charge in [-0.3, -0.25) is 9.59 Å². The Hall–Kier alpha value is -2.15. The molecule has 1 aliphatic rings. The molecule has 0 spiro atoms. The van der Waals surface area contributed by atoms with Gasteiger partial charge in [-0.15, -0.1) is 0 Å². The van der Waals surface area contributed by atoms with Crippen molar-refractivity contribution < 1.29 is 14.3 Å². The molecule has 114 valence electrons. The smallest absolute Gasteiger partial charge is 0.274 e. The Morgan fingerprint density at radius 1 is 1.18 bits per heavy atom. The zero-order valence-corrected chi connectivity index (χ0v) is 13.0. The summed E-state index contributed by atoms with van der Waals surface area (Å²) in [5.41, 5.74) is 0.159. The third-order valence-corrected chi connectivity index (χ3v) is 4.16. The summed E-state index contributed by atoms with van der Waals surface area (Å²) in [6, 6.07) is 5.87. The van der Waals surface area contributed by atoms with E-state index >= 15 is 0 Å². The molecule has 0 bridgehead atoms. The first-order valence-electron chi connectivity index (χ1n) is 6.63. The van der Waals surface area contributed by atoms with Crippen molar-refractivity contribution in [2.24, 2.45) is 0 Å². The molecule has 2 aromatic rings. The topological polar surface area (TPSA) is 62.5 Å². The van der Waals surface area contributed by atoms with E-state index in [1.54, 1.807) is 16.7 Å². The van der Waals surface area contributed by atoms with E-state index in [-0.39, 0.29) is 16.0 Å². The standard InChI is InChI=1S/C15H12BrFN2O3/c16-11-8-18-5-6-19(7-9-1-3-10(17)4-2-9)15(22)12(18)14(21)13(11)20/h1-4,8,21H,5-7H2. The maximum Gasteiger partial charge on any atom is 0.274 e. The fourth-order valence-electron chi connectivity index (χ4n) is 2.46. The molecule has 0 radical (unpaired) electrons. The van der Waals surface area contributed by atoms with Crippen molar-refractivity contribution >= 4 is 21.8 Å². The molecule has 1 aromatic carbocycles. The highest BCUT2D eigenvalue weighted by atomic mass is 79.9. The van der Waals surface area contributed by atoms with Gasteiger partial charge in [-0.05, 0) is 33.6 Å². The summed E-state index contributed by atoms with van der Waals surface area (Å²) >= 11 is 3.07. The zero-order valence-electron chi connectivity index (χ0n) is 11.4. The number of fused-ring (bicyclic) bond motifs is 1. The molecule has 3 rings (SSSR count). The Balaban J connectivity index is 1.93. The van der Waals surface area contributed by atoms with Crippen LogP contribution in [0.15, 0.2) is 39.7 Å². The lowest BCUT2D eigenvalue weighted by molar-refractivity contribution is 0.0683. The Morgan fingerprint density at radius 2 is 1.86 bits per heavy atom. The minimum Gasteiger partial charge on any atom is -0.503 e. The molecule has 0 fully saturated rings. The molecule has 0 unspecified atom stereocenters. The number of hydrogen-bond acceptors (Lipinski definition) is 3. The normalized spacial score (nSPS) is 14.1. The molecule has 1 aliphatic heterocycles. The second kappa shape index (κ2) is 5.57. The van der Waals surface area contributed by atoms with E-state index in [1.807, 2.05) is 0 Å². The lowest BCUT2D eigenvalue weighted by atomic mass is 10.1. The molecule has 1 N–H and O–H groups in total. The number of benzene rings is 1. The zero-order chi connectivity index (χ0) is 15.9. The highest BCUT2D eigenvalue weighted by Gasteiger charge is 2.29. The number of nitrogens with zero attached hydrogens (tertiary/aromatic N) is 2. The van der Waals surface area contributed by atoms with Crippen LogP contribution >= 0.6 is 15.9 Å². The van der Waals surface area contributed by atoms with E-state index in [4.69, 9.17) is 0 Å². The van der Waals surface area contributed by atoms with E-state index < -0.39 is 17.1 Å². The number of hydrogen-bond donors (Lipinski definition) is 1. The van der Waals surface area contributed by atoms with Crippen LogP contribution in [0.4, 0.5) is 4.39 Å². The molecule has 22 heavy (non-hydrogen) atoms. The third-order valence-electron chi connectivity index (χ3n) is 3.60. The van der Waals surface area contributed by atoms with Crippen LogP contribution in [0.5, 0.6) is 5.75 Å². The lowest BCUT2D eigenvalue weighted by Crippen LogP contribution is -2.41. The molecule has 1 aromatic heterocycles. The predicted octanol–water partition coefficient (Wildman–Crippen LogP) is 2.11. The van der Waals surface area contributed by atoms with Gasteiger partial charge in [-0.25, -0.2) is 4.39 Å². The number of amides is 1. The highest BCUT2D eigenvalue weighted by molar-refractivity contribution is 9.10. The summed E-state index contributed by atoms with van der Waals surface area (Å²) in [4.78, 5) is 25.8. The first-order valence-corrected chi connectivity index (χ1v) is 7.42. The van der Waals surface area contributed by atoms with Crippen LogP contribution in [-0.2, 0) is 13.1 Å². The van der Waals surface area contributed by atoms with Gasteiger partial charge in [0.1, 0.15) is 5.82 Å². The summed E-state index contributed by atoms with van der Waals surface area (Å²) in [5.74, 6) is -1.31. The largest absolute Gasteiger partial charge is 0.503 e. The minimum atomic E-state index is -0.608. The third kappa shape index (κ3) is 2.52. The number of carbonyl (C=O) groups is 1. The fraction of sp³-hybridized carbons (Fsp3) is 0.200. The monoisotopic (exact) mass is 366 g/mol. The van der Waals surface area contributed by atoms with Gasteiger partial charge in [-0.1, -0.05) is 12.1 Å². The second-order valence-electron chi connectivity index (χ2n) is 5.05. The van der Waals surface area contributed by atoms with Crippen molar-refractivity contribution in [2.75, 3.05) is 6.54 Å². The molecular weight excluding hydrogens is 355 g/mol. The van der Waals surface area contributed by atoms with Gasteiger partial charge in [0.05, 0.1) is 4.47 Å². The summed E-state index contributed by atoms with van der Waals surface area (Å²) in [5, 5.41) is 9.95. The van der Waals surface area contributed by atoms with Gasteiger partial charge < -0.3 is 14.6 Å². The molecule has 0 aliphatic carbocycles. The Kier molecular flexibility index (Phi) is 3.74. The van der Waals surface area contributed by atoms with Crippen molar-refractivity contribution in [1.29, 1.82) is 0 Å². The van der Waals surface area contributed by atoms with Gasteiger partial charge in [-0.2, -0.15) is 0 Å². The summed E-state index contributed by atoms with van der Waals surface area (Å²) < 4.78 is 14.7. The molecule has 7 heteroatoms. The Bertz CT molecular complexity index is 802. The van der Waals surface area contributed by atoms with Crippen LogP contribution in [0.3, 0.4) is 0 Å². The molecule has 0 saturated carbocycles. The van der Waals surface area contributed by atoms with E-state index in [0.29, 0.717) is 19.6 Å². The number of aromatic hydroxyl groups is 1. The van der Waals surface area contributed by atoms with Gasteiger partial charge in [0.15, 0.2) is 11.4 Å². The second-order valence-corrected chi connectivity index (χ2v) is 5.90. The van der Waals surface area contributed by atoms with Crippen LogP contribution in [0.25, 0.3) is 0 Å². The number of pyridine rings is 1. The number of aromatic nitrogens is 1. The average molecular weight is 367 g/mol. The minimum absolute atomic E-state index is 0.0124. The molecule has 1 amide bonds. The molecule has 2 heterocycles. The molecule has 0 saturated heterocycles. The van der Waals surface area contributed by atoms with Crippen LogP contribution in [0.1, 0.15) is 16.1 Å². The summed E-state index contributed by atoms with van der Waals surface area (Å²) in [6.45, 7) is 1.20. The van der Waals surface area contributed by atoms with E-state index in [9.17, 15) is 19.1 Å². The van der Waals surface area contributed by atoms with Crippen molar-refractivity contribution in [3.05, 3.63) is 62.2 Å². The predicted molar refractivity (Wildman–Crippen MR) is 81.2 cm³/mol. The highest BCUT2D eigenvalue weighted by Crippen LogP contribution is 2.23. The van der Waals surface area contributed by atoms with Crippen molar-refractivity contribution in [2.45, 2.75) is 13.1 Å². The van der Waals surface area contributed by atoms with Crippen LogP contribution in [0, 0.1) is 5.82 Å². The van der Waals surface area contributed by atoms with Crippen LogP contribution in [-0.4, -0.2) is 27.0 Å². The van der Waals surface area contributed by atoms with Gasteiger partial charge in [0.2, 0.25) is 5.43 Å². The molecule has 0 atom stereocenters. The van der Waals surface area contributed by atoms with E-state index in [2.05, 4.69) is 15.9 Å². The van der Waals surface area contributed by atoms with Crippen molar-refractivity contribution in [3.8, 4) is 5.75 Å². The maximum atomic E-state index is 12.9. The van der Waals surface area contributed by atoms with Gasteiger partial charge in [0.25, 0.3) is 5.91 Å². The van der Waals surface area contributed by atoms with Crippen LogP contribution < -0.4 is 5.43 Å². The summed E-state index contributed by atoms with van der Waals surface area (Å²) in [6.07, 6.45) is 1.50. The summed E-state index contributed by atoms with van der Waals surface area (Å²) in [7, 11) is 0. The fourth-order valence-corrected chi connectivity index (χ4v) is 2.89. The van der Waals surface area contributed by atoms with Crippen molar-refractivity contribution in [3.63, 3.8) is 0 Å². The first-order chi connectivity index (χ1) is 10.5. The first kappa shape index (κ1) is 14.8. The molecular formula is C15H12BrFN2O3. The Morgan fingerprint density at radius 3 is 2.55 bits per heavy atom.